The second-order valence-electron chi connectivity index (χ2n) is 14.5. The van der Waals surface area contributed by atoms with Crippen LogP contribution in [0.15, 0.2) is 12.2 Å². The van der Waals surface area contributed by atoms with Gasteiger partial charge in [-0.05, 0) is 116 Å². The van der Waals surface area contributed by atoms with Crippen molar-refractivity contribution in [2.45, 2.75) is 113 Å². The summed E-state index contributed by atoms with van der Waals surface area (Å²) in [6.07, 6.45) is 13.0. The van der Waals surface area contributed by atoms with Crippen LogP contribution in [0.5, 0.6) is 0 Å². The van der Waals surface area contributed by atoms with Crippen molar-refractivity contribution in [2.75, 3.05) is 0 Å². The van der Waals surface area contributed by atoms with Crippen LogP contribution in [-0.4, -0.2) is 5.78 Å². The minimum Gasteiger partial charge on any atom is -0.299 e. The van der Waals surface area contributed by atoms with Gasteiger partial charge >= 0.3 is 0 Å². The van der Waals surface area contributed by atoms with Gasteiger partial charge < -0.3 is 0 Å². The van der Waals surface area contributed by atoms with E-state index in [1.54, 1.807) is 0 Å². The zero-order chi connectivity index (χ0) is 22.6. The van der Waals surface area contributed by atoms with Crippen LogP contribution in [-0.2, 0) is 4.79 Å². The minimum absolute atomic E-state index is 0.131. The van der Waals surface area contributed by atoms with Crippen LogP contribution >= 0.6 is 0 Å². The standard InChI is InChI=1S/C30H48O/c1-19(2)20-11-14-27(5)17-18-29(7)21(25(20)27)9-10-23-28(6)15-13-24(31)26(3,4)22(28)12-16-30(23,29)8/h20-23,25H,1,9-18H2,2-8H3/t20-,21-,22-,23+,25+,27-,28-,29+,30+/m0/s1. The number of hydrogen-bond donors (Lipinski definition) is 0. The molecule has 0 bridgehead atoms. The Bertz CT molecular complexity index is 807. The summed E-state index contributed by atoms with van der Waals surface area (Å²) in [5, 5.41) is 0. The van der Waals surface area contributed by atoms with Crippen molar-refractivity contribution in [3.8, 4) is 0 Å². The predicted octanol–water partition coefficient (Wildman–Crippen LogP) is 8.23. The number of ketones is 1. The Morgan fingerprint density at radius 2 is 1.52 bits per heavy atom. The number of allylic oxidation sites excluding steroid dienone is 1. The van der Waals surface area contributed by atoms with E-state index in [-0.39, 0.29) is 5.41 Å². The maximum Gasteiger partial charge on any atom is 0.138 e. The van der Waals surface area contributed by atoms with E-state index in [0.717, 1.165) is 36.5 Å². The largest absolute Gasteiger partial charge is 0.299 e. The molecule has 0 aromatic rings. The summed E-state index contributed by atoms with van der Waals surface area (Å²) in [4.78, 5) is 12.9. The quantitative estimate of drug-likeness (QED) is 0.387. The highest BCUT2D eigenvalue weighted by molar-refractivity contribution is 5.85. The molecular weight excluding hydrogens is 376 g/mol. The van der Waals surface area contributed by atoms with Gasteiger partial charge in [0, 0.05) is 11.8 Å². The van der Waals surface area contributed by atoms with Crippen molar-refractivity contribution in [2.24, 2.45) is 56.7 Å². The van der Waals surface area contributed by atoms with E-state index >= 15 is 0 Å². The molecule has 5 aliphatic rings. The topological polar surface area (TPSA) is 17.1 Å². The van der Waals surface area contributed by atoms with E-state index in [0.29, 0.717) is 33.4 Å². The molecule has 0 N–H and O–H groups in total. The summed E-state index contributed by atoms with van der Waals surface area (Å²) in [5.74, 6) is 4.33. The average molecular weight is 425 g/mol. The highest BCUT2D eigenvalue weighted by atomic mass is 16.1. The van der Waals surface area contributed by atoms with E-state index in [1.807, 2.05) is 0 Å². The highest BCUT2D eigenvalue weighted by Crippen LogP contribution is 2.77. The van der Waals surface area contributed by atoms with Crippen LogP contribution in [0.4, 0.5) is 0 Å². The van der Waals surface area contributed by atoms with Crippen molar-refractivity contribution in [3.63, 3.8) is 0 Å². The molecule has 174 valence electrons. The van der Waals surface area contributed by atoms with Gasteiger partial charge in [-0.25, -0.2) is 0 Å². The molecule has 0 heterocycles. The lowest BCUT2D eigenvalue weighted by Gasteiger charge is -2.72. The number of rotatable bonds is 1. The summed E-state index contributed by atoms with van der Waals surface area (Å²) in [5.41, 5.74) is 3.06. The Hall–Kier alpha value is -0.590. The van der Waals surface area contributed by atoms with Crippen molar-refractivity contribution in [3.05, 3.63) is 12.2 Å². The number of carbonyl (C=O) groups excluding carboxylic acids is 1. The minimum atomic E-state index is -0.131. The molecule has 9 atom stereocenters. The van der Waals surface area contributed by atoms with Crippen LogP contribution < -0.4 is 0 Å². The lowest BCUT2D eigenvalue weighted by atomic mass is 9.32. The number of hydrogen-bond acceptors (Lipinski definition) is 1. The second kappa shape index (κ2) is 6.50. The maximum atomic E-state index is 12.9. The van der Waals surface area contributed by atoms with Gasteiger partial charge in [0.05, 0.1) is 0 Å². The Balaban J connectivity index is 1.55. The molecule has 0 aromatic carbocycles. The van der Waals surface area contributed by atoms with Gasteiger partial charge in [0.25, 0.3) is 0 Å². The summed E-state index contributed by atoms with van der Waals surface area (Å²) >= 11 is 0. The molecule has 0 spiro atoms. The number of carbonyl (C=O) groups is 1. The normalized spacial score (nSPS) is 55.6. The number of fused-ring (bicyclic) bond motifs is 7. The lowest BCUT2D eigenvalue weighted by Crippen LogP contribution is -2.66. The third kappa shape index (κ3) is 2.59. The Kier molecular flexibility index (Phi) is 4.66. The molecule has 0 radical (unpaired) electrons. The molecular formula is C30H48O. The van der Waals surface area contributed by atoms with Crippen LogP contribution in [0.25, 0.3) is 0 Å². The summed E-state index contributed by atoms with van der Waals surface area (Å²) in [6.45, 7) is 22.0. The lowest BCUT2D eigenvalue weighted by molar-refractivity contribution is -0.232. The Morgan fingerprint density at radius 3 is 2.19 bits per heavy atom. The van der Waals surface area contributed by atoms with Crippen molar-refractivity contribution < 1.29 is 4.79 Å². The first kappa shape index (κ1) is 22.2. The summed E-state index contributed by atoms with van der Waals surface area (Å²) in [7, 11) is 0. The van der Waals surface area contributed by atoms with Gasteiger partial charge in [-0.15, -0.1) is 0 Å². The van der Waals surface area contributed by atoms with E-state index < -0.39 is 0 Å². The van der Waals surface area contributed by atoms with Crippen molar-refractivity contribution >= 4 is 5.78 Å². The van der Waals surface area contributed by atoms with Gasteiger partial charge in [0.2, 0.25) is 0 Å². The molecule has 0 unspecified atom stereocenters. The van der Waals surface area contributed by atoms with Crippen LogP contribution in [0.3, 0.4) is 0 Å². The van der Waals surface area contributed by atoms with Crippen LogP contribution in [0.2, 0.25) is 0 Å². The van der Waals surface area contributed by atoms with E-state index in [4.69, 9.17) is 0 Å². The Morgan fingerprint density at radius 1 is 0.806 bits per heavy atom. The van der Waals surface area contributed by atoms with E-state index in [2.05, 4.69) is 55.0 Å². The fraction of sp³-hybridized carbons (Fsp3) is 0.900. The zero-order valence-electron chi connectivity index (χ0n) is 21.6. The monoisotopic (exact) mass is 424 g/mol. The maximum absolute atomic E-state index is 12.9. The molecule has 5 fully saturated rings. The smallest absolute Gasteiger partial charge is 0.138 e. The van der Waals surface area contributed by atoms with Gasteiger partial charge in [0.1, 0.15) is 5.78 Å². The average Bonchev–Trinajstić information content (AvgIpc) is 3.04. The second-order valence-corrected chi connectivity index (χ2v) is 14.5. The van der Waals surface area contributed by atoms with Crippen molar-refractivity contribution in [1.29, 1.82) is 0 Å². The van der Waals surface area contributed by atoms with Gasteiger partial charge in [-0.2, -0.15) is 0 Å². The van der Waals surface area contributed by atoms with Crippen molar-refractivity contribution in [1.82, 2.24) is 0 Å². The molecule has 5 rings (SSSR count). The highest BCUT2D eigenvalue weighted by Gasteiger charge is 2.70. The van der Waals surface area contributed by atoms with Gasteiger partial charge in [0.15, 0.2) is 0 Å². The molecule has 5 aliphatic carbocycles. The predicted molar refractivity (Wildman–Crippen MR) is 130 cm³/mol. The van der Waals surface area contributed by atoms with Gasteiger partial charge in [-0.3, -0.25) is 4.79 Å². The van der Waals surface area contributed by atoms with E-state index in [9.17, 15) is 4.79 Å². The third-order valence-corrected chi connectivity index (χ3v) is 13.2. The molecule has 0 saturated heterocycles. The molecule has 0 aliphatic heterocycles. The first-order valence-corrected chi connectivity index (χ1v) is 13.5. The molecule has 0 amide bonds. The molecule has 31 heavy (non-hydrogen) atoms. The molecule has 1 nitrogen and oxygen atoms in total. The SMILES string of the molecule is C=C(C)[C@@H]1CC[C@@]2(C)CC[C@]3(C)[C@@H](CC[C@@H]4[C@@]5(C)CCC(=O)C(C)(C)[C@@H]5CC[C@]43C)[C@@H]12. The first-order chi connectivity index (χ1) is 14.3. The summed E-state index contributed by atoms with van der Waals surface area (Å²) in [6, 6.07) is 0. The van der Waals surface area contributed by atoms with Gasteiger partial charge in [-0.1, -0.05) is 53.7 Å². The Labute approximate surface area is 192 Å². The fourth-order valence-corrected chi connectivity index (χ4v) is 11.3. The summed E-state index contributed by atoms with van der Waals surface area (Å²) < 4.78 is 0. The molecule has 1 heteroatoms. The third-order valence-electron chi connectivity index (χ3n) is 13.2. The fourth-order valence-electron chi connectivity index (χ4n) is 11.3. The van der Waals surface area contributed by atoms with E-state index in [1.165, 1.54) is 56.9 Å². The first-order valence-electron chi connectivity index (χ1n) is 13.5. The zero-order valence-corrected chi connectivity index (χ0v) is 21.6. The molecule has 0 aromatic heterocycles. The molecule has 5 saturated carbocycles. The van der Waals surface area contributed by atoms with Crippen LogP contribution in [0.1, 0.15) is 113 Å². The number of Topliss-reactive ketones (excluding diaryl/α,β-unsaturated/α-hetero) is 1. The van der Waals surface area contributed by atoms with Crippen LogP contribution in [0, 0.1) is 56.7 Å².